The average Bonchev–Trinajstić information content (AvgIpc) is 2.84. The molecule has 0 heterocycles. The minimum absolute atomic E-state index is 0.211. The van der Waals surface area contributed by atoms with E-state index in [2.05, 4.69) is 17.0 Å². The summed E-state index contributed by atoms with van der Waals surface area (Å²) in [4.78, 5) is 0. The second-order valence-corrected chi connectivity index (χ2v) is 5.37. The molecule has 2 nitrogen and oxygen atoms in total. The van der Waals surface area contributed by atoms with Crippen LogP contribution in [0.4, 0.5) is 13.2 Å². The van der Waals surface area contributed by atoms with E-state index >= 15 is 0 Å². The topological polar surface area (TPSA) is 21.3 Å². The van der Waals surface area contributed by atoms with E-state index in [0.29, 0.717) is 12.5 Å². The zero-order valence-electron chi connectivity index (χ0n) is 11.8. The molecule has 1 rings (SSSR count). The lowest BCUT2D eigenvalue weighted by Gasteiger charge is -2.24. The van der Waals surface area contributed by atoms with E-state index in [9.17, 15) is 13.2 Å². The highest BCUT2D eigenvalue weighted by atomic mass is 19.4. The summed E-state index contributed by atoms with van der Waals surface area (Å²) in [5.41, 5.74) is 0. The van der Waals surface area contributed by atoms with Crippen LogP contribution < -0.4 is 5.32 Å². The first-order valence-corrected chi connectivity index (χ1v) is 7.41. The van der Waals surface area contributed by atoms with Gasteiger partial charge in [-0.3, -0.25) is 0 Å². The summed E-state index contributed by atoms with van der Waals surface area (Å²) in [6.07, 6.45) is 3.73. The molecule has 0 radical (unpaired) electrons. The molecule has 0 aromatic heterocycles. The molecule has 1 saturated carbocycles. The average molecular weight is 281 g/mol. The summed E-state index contributed by atoms with van der Waals surface area (Å²) in [5.74, 6) is 0.760. The lowest BCUT2D eigenvalue weighted by Crippen LogP contribution is -2.35. The number of nitrogens with one attached hydrogen (secondary N) is 1. The van der Waals surface area contributed by atoms with Crippen LogP contribution >= 0.6 is 0 Å². The molecule has 0 spiro atoms. The molecule has 0 amide bonds. The lowest BCUT2D eigenvalue weighted by molar-refractivity contribution is -0.174. The highest BCUT2D eigenvalue weighted by molar-refractivity contribution is 4.80. The van der Waals surface area contributed by atoms with Crippen LogP contribution in [0.1, 0.15) is 51.9 Å². The molecule has 114 valence electrons. The fraction of sp³-hybridized carbons (Fsp3) is 1.00. The Labute approximate surface area is 114 Å². The maximum absolute atomic E-state index is 11.9. The molecule has 5 heteroatoms. The molecule has 1 aliphatic rings. The van der Waals surface area contributed by atoms with E-state index in [1.165, 1.54) is 25.7 Å². The molecule has 0 aromatic rings. The van der Waals surface area contributed by atoms with Gasteiger partial charge in [0, 0.05) is 12.6 Å². The van der Waals surface area contributed by atoms with Crippen LogP contribution in [0.25, 0.3) is 0 Å². The van der Waals surface area contributed by atoms with Gasteiger partial charge in [-0.2, -0.15) is 13.2 Å². The third kappa shape index (κ3) is 7.78. The summed E-state index contributed by atoms with van der Waals surface area (Å²) in [6, 6.07) is 0.537. The highest BCUT2D eigenvalue weighted by Crippen LogP contribution is 2.29. The molecule has 1 atom stereocenters. The van der Waals surface area contributed by atoms with E-state index in [4.69, 9.17) is 0 Å². The molecule has 19 heavy (non-hydrogen) atoms. The maximum Gasteiger partial charge on any atom is 0.411 e. The lowest BCUT2D eigenvalue weighted by atomic mass is 9.93. The zero-order chi connectivity index (χ0) is 14.1. The second kappa shape index (κ2) is 8.80. The second-order valence-electron chi connectivity index (χ2n) is 5.37. The number of unbranched alkanes of at least 4 members (excludes halogenated alkanes) is 1. The van der Waals surface area contributed by atoms with Crippen molar-refractivity contribution in [2.45, 2.75) is 64.1 Å². The van der Waals surface area contributed by atoms with Crippen molar-refractivity contribution in [3.05, 3.63) is 0 Å². The van der Waals surface area contributed by atoms with Gasteiger partial charge in [0.25, 0.3) is 0 Å². The zero-order valence-corrected chi connectivity index (χ0v) is 11.8. The monoisotopic (exact) mass is 281 g/mol. The van der Waals surface area contributed by atoms with Gasteiger partial charge in [0.15, 0.2) is 0 Å². The standard InChI is InChI=1S/C14H26F3NO/c1-2-18-13(12-7-3-4-8-12)9-5-6-10-19-11-14(15,16)17/h12-13,18H,2-11H2,1H3. The van der Waals surface area contributed by atoms with E-state index in [0.717, 1.165) is 25.3 Å². The van der Waals surface area contributed by atoms with Crippen molar-refractivity contribution in [3.63, 3.8) is 0 Å². The van der Waals surface area contributed by atoms with Gasteiger partial charge < -0.3 is 10.1 Å². The molecule has 0 aromatic carbocycles. The third-order valence-electron chi connectivity index (χ3n) is 3.75. The fourth-order valence-corrected chi connectivity index (χ4v) is 2.88. The van der Waals surface area contributed by atoms with Crippen LogP contribution in [0.5, 0.6) is 0 Å². The van der Waals surface area contributed by atoms with Gasteiger partial charge in [-0.25, -0.2) is 0 Å². The molecule has 1 aliphatic carbocycles. The number of ether oxygens (including phenoxy) is 1. The predicted octanol–water partition coefficient (Wildman–Crippen LogP) is 3.90. The van der Waals surface area contributed by atoms with Crippen molar-refractivity contribution in [1.82, 2.24) is 5.32 Å². The van der Waals surface area contributed by atoms with Crippen molar-refractivity contribution in [3.8, 4) is 0 Å². The van der Waals surface area contributed by atoms with E-state index in [1.807, 2.05) is 0 Å². The van der Waals surface area contributed by atoms with Gasteiger partial charge in [0.2, 0.25) is 0 Å². The normalized spacial score (nSPS) is 18.9. The number of rotatable bonds is 9. The van der Waals surface area contributed by atoms with Gasteiger partial charge in [-0.15, -0.1) is 0 Å². The number of alkyl halides is 3. The minimum atomic E-state index is -4.20. The van der Waals surface area contributed by atoms with Crippen molar-refractivity contribution in [2.75, 3.05) is 19.8 Å². The van der Waals surface area contributed by atoms with Crippen LogP contribution in [0.3, 0.4) is 0 Å². The van der Waals surface area contributed by atoms with E-state index < -0.39 is 12.8 Å². The number of hydrogen-bond donors (Lipinski definition) is 1. The van der Waals surface area contributed by atoms with Gasteiger partial charge in [-0.05, 0) is 44.6 Å². The molecule has 1 unspecified atom stereocenters. The molecule has 1 N–H and O–H groups in total. The Morgan fingerprint density at radius 2 is 1.89 bits per heavy atom. The van der Waals surface area contributed by atoms with Crippen molar-refractivity contribution >= 4 is 0 Å². The first kappa shape index (κ1) is 16.8. The first-order chi connectivity index (χ1) is 9.03. The van der Waals surface area contributed by atoms with Gasteiger partial charge in [0.1, 0.15) is 6.61 Å². The van der Waals surface area contributed by atoms with Crippen molar-refractivity contribution in [2.24, 2.45) is 5.92 Å². The summed E-state index contributed by atoms with van der Waals surface area (Å²) in [7, 11) is 0. The smallest absolute Gasteiger partial charge is 0.372 e. The SMILES string of the molecule is CCNC(CCCCOCC(F)(F)F)C1CCCC1. The Morgan fingerprint density at radius 1 is 1.21 bits per heavy atom. The van der Waals surface area contributed by atoms with E-state index in [-0.39, 0.29) is 6.61 Å². The molecular formula is C14H26F3NO. The summed E-state index contributed by atoms with van der Waals surface area (Å²) in [6.45, 7) is 2.16. The molecule has 0 aliphatic heterocycles. The van der Waals surface area contributed by atoms with Crippen LogP contribution in [0, 0.1) is 5.92 Å². The Balaban J connectivity index is 2.07. The number of halogens is 3. The molecular weight excluding hydrogens is 255 g/mol. The van der Waals surface area contributed by atoms with Crippen LogP contribution in [0.15, 0.2) is 0 Å². The third-order valence-corrected chi connectivity index (χ3v) is 3.75. The number of hydrogen-bond acceptors (Lipinski definition) is 2. The minimum Gasteiger partial charge on any atom is -0.372 e. The predicted molar refractivity (Wildman–Crippen MR) is 70.1 cm³/mol. The highest BCUT2D eigenvalue weighted by Gasteiger charge is 2.27. The molecule has 0 bridgehead atoms. The Hall–Kier alpha value is -0.290. The molecule has 0 saturated heterocycles. The van der Waals surface area contributed by atoms with Gasteiger partial charge in [0.05, 0.1) is 0 Å². The van der Waals surface area contributed by atoms with E-state index in [1.54, 1.807) is 0 Å². The van der Waals surface area contributed by atoms with Crippen LogP contribution in [-0.4, -0.2) is 32.0 Å². The Morgan fingerprint density at radius 3 is 2.47 bits per heavy atom. The molecule has 1 fully saturated rings. The fourth-order valence-electron chi connectivity index (χ4n) is 2.88. The Bertz CT molecular complexity index is 227. The first-order valence-electron chi connectivity index (χ1n) is 7.41. The van der Waals surface area contributed by atoms with Gasteiger partial charge in [-0.1, -0.05) is 19.8 Å². The van der Waals surface area contributed by atoms with Crippen LogP contribution in [0.2, 0.25) is 0 Å². The van der Waals surface area contributed by atoms with Crippen molar-refractivity contribution < 1.29 is 17.9 Å². The largest absolute Gasteiger partial charge is 0.411 e. The quantitative estimate of drug-likeness (QED) is 0.647. The van der Waals surface area contributed by atoms with Crippen molar-refractivity contribution in [1.29, 1.82) is 0 Å². The maximum atomic E-state index is 11.9. The summed E-state index contributed by atoms with van der Waals surface area (Å²) >= 11 is 0. The summed E-state index contributed by atoms with van der Waals surface area (Å²) < 4.78 is 40.2. The Kier molecular flexibility index (Phi) is 7.76. The van der Waals surface area contributed by atoms with Gasteiger partial charge >= 0.3 is 6.18 Å². The van der Waals surface area contributed by atoms with Crippen LogP contribution in [-0.2, 0) is 4.74 Å². The summed E-state index contributed by atoms with van der Waals surface area (Å²) in [5, 5.41) is 3.52.